The Morgan fingerprint density at radius 2 is 1.82 bits per heavy atom. The summed E-state index contributed by atoms with van der Waals surface area (Å²) in [5, 5.41) is 10.8. The van der Waals surface area contributed by atoms with Gasteiger partial charge >= 0.3 is 0 Å². The number of carbonyl (C=O) groups is 2. The quantitative estimate of drug-likeness (QED) is 0.392. The van der Waals surface area contributed by atoms with Crippen LogP contribution in [0.1, 0.15) is 80.6 Å². The second kappa shape index (κ2) is 9.16. The van der Waals surface area contributed by atoms with Crippen molar-refractivity contribution in [3.63, 3.8) is 0 Å². The highest BCUT2D eigenvalue weighted by molar-refractivity contribution is 6.09. The van der Waals surface area contributed by atoms with Crippen molar-refractivity contribution in [3.05, 3.63) is 87.7 Å². The molecule has 0 radical (unpaired) electrons. The van der Waals surface area contributed by atoms with Crippen LogP contribution in [0, 0.1) is 16.7 Å². The first-order valence-corrected chi connectivity index (χ1v) is 12.9. The van der Waals surface area contributed by atoms with Gasteiger partial charge in [0, 0.05) is 34.9 Å². The minimum absolute atomic E-state index is 0.0201. The smallest absolute Gasteiger partial charge is 0.228 e. The van der Waals surface area contributed by atoms with E-state index < -0.39 is 5.92 Å². The van der Waals surface area contributed by atoms with Crippen molar-refractivity contribution < 1.29 is 23.5 Å². The van der Waals surface area contributed by atoms with Crippen LogP contribution in [0.3, 0.4) is 0 Å². The molecule has 2 aromatic carbocycles. The van der Waals surface area contributed by atoms with Gasteiger partial charge in [-0.2, -0.15) is 5.26 Å². The topological polar surface area (TPSA) is 116 Å². The number of ether oxygens (including phenoxy) is 2. The van der Waals surface area contributed by atoms with E-state index in [4.69, 9.17) is 19.6 Å². The lowest BCUT2D eigenvalue weighted by Crippen LogP contribution is -2.33. The molecule has 2 N–H and O–H groups in total. The van der Waals surface area contributed by atoms with Gasteiger partial charge in [0.25, 0.3) is 0 Å². The van der Waals surface area contributed by atoms with Crippen molar-refractivity contribution in [3.8, 4) is 11.8 Å². The van der Waals surface area contributed by atoms with E-state index >= 15 is 0 Å². The standard InChI is InChI=1S/C32H32N2O5/c1-31(2,3)22-12-18(26-21(16-33)30(34)39-25-15-32(4,5)14-23(35)27(25)26)11-19-13-24(38-29(19)22)28(36)17-7-9-20(37-6)10-8-17/h7-13,26H,14-15,34H2,1-6H3. The van der Waals surface area contributed by atoms with E-state index in [1.807, 2.05) is 26.0 Å². The Morgan fingerprint density at radius 1 is 1.13 bits per heavy atom. The van der Waals surface area contributed by atoms with Crippen LogP contribution < -0.4 is 10.5 Å². The Hall–Kier alpha value is -4.31. The number of Topliss-reactive ketones (excluding diaryl/α,β-unsaturated/α-hetero) is 1. The Kier molecular flexibility index (Phi) is 6.18. The summed E-state index contributed by atoms with van der Waals surface area (Å²) in [6, 6.07) is 14.6. The van der Waals surface area contributed by atoms with E-state index in [2.05, 4.69) is 26.8 Å². The number of benzene rings is 2. The number of nitrogens with two attached hydrogens (primary N) is 1. The lowest BCUT2D eigenvalue weighted by molar-refractivity contribution is -0.119. The van der Waals surface area contributed by atoms with Crippen molar-refractivity contribution >= 4 is 22.5 Å². The third-order valence-corrected chi connectivity index (χ3v) is 7.43. The number of nitrogens with zero attached hydrogens (tertiary/aromatic N) is 1. The second-order valence-corrected chi connectivity index (χ2v) is 12.1. The molecular weight excluding hydrogens is 492 g/mol. The predicted octanol–water partition coefficient (Wildman–Crippen LogP) is 6.42. The maximum absolute atomic E-state index is 13.5. The van der Waals surface area contributed by atoms with Crippen LogP contribution >= 0.6 is 0 Å². The van der Waals surface area contributed by atoms with Crippen molar-refractivity contribution in [2.45, 2.75) is 58.8 Å². The first-order valence-electron chi connectivity index (χ1n) is 12.9. The van der Waals surface area contributed by atoms with Crippen LogP contribution in [-0.2, 0) is 14.9 Å². The first kappa shape index (κ1) is 26.3. The third kappa shape index (κ3) is 4.61. The summed E-state index contributed by atoms with van der Waals surface area (Å²) in [4.78, 5) is 26.8. The molecule has 39 heavy (non-hydrogen) atoms. The zero-order chi connectivity index (χ0) is 28.3. The van der Waals surface area contributed by atoms with Gasteiger partial charge in [0.2, 0.25) is 11.7 Å². The van der Waals surface area contributed by atoms with Crippen LogP contribution in [0.5, 0.6) is 5.75 Å². The summed E-state index contributed by atoms with van der Waals surface area (Å²) in [7, 11) is 1.57. The van der Waals surface area contributed by atoms with E-state index in [-0.39, 0.29) is 39.6 Å². The van der Waals surface area contributed by atoms with Gasteiger partial charge in [-0.1, -0.05) is 40.7 Å². The zero-order valence-corrected chi connectivity index (χ0v) is 23.1. The summed E-state index contributed by atoms with van der Waals surface area (Å²) in [6.07, 6.45) is 0.898. The SMILES string of the molecule is COc1ccc(C(=O)c2cc3cc(C4C(C#N)=C(N)OC5=C4C(=O)CC(C)(C)C5)cc(C(C)(C)C)c3o2)cc1. The fourth-order valence-electron chi connectivity index (χ4n) is 5.51. The van der Waals surface area contributed by atoms with Crippen LogP contribution in [-0.4, -0.2) is 18.7 Å². The molecule has 1 unspecified atom stereocenters. The summed E-state index contributed by atoms with van der Waals surface area (Å²) in [5.41, 5.74) is 8.96. The molecule has 5 rings (SSSR count). The molecule has 3 aromatic rings. The summed E-state index contributed by atoms with van der Waals surface area (Å²) in [6.45, 7) is 10.2. The molecule has 0 amide bonds. The number of hydrogen-bond acceptors (Lipinski definition) is 7. The predicted molar refractivity (Wildman–Crippen MR) is 147 cm³/mol. The number of furan rings is 1. The van der Waals surface area contributed by atoms with E-state index in [1.54, 1.807) is 37.4 Å². The normalized spacial score (nSPS) is 19.0. The lowest BCUT2D eigenvalue weighted by atomic mass is 9.69. The first-order chi connectivity index (χ1) is 18.3. The molecule has 0 spiro atoms. The number of nitriles is 1. The van der Waals surface area contributed by atoms with Gasteiger partial charge in [0.1, 0.15) is 28.7 Å². The number of hydrogen-bond donors (Lipinski definition) is 1. The number of carbonyl (C=O) groups excluding carboxylic acids is 2. The highest BCUT2D eigenvalue weighted by Gasteiger charge is 2.43. The molecule has 2 aliphatic rings. The molecule has 1 aliphatic carbocycles. The minimum atomic E-state index is -0.663. The minimum Gasteiger partial charge on any atom is -0.497 e. The number of rotatable bonds is 4. The summed E-state index contributed by atoms with van der Waals surface area (Å²) in [5.74, 6) is 0.440. The molecule has 2 heterocycles. The molecule has 1 aliphatic heterocycles. The van der Waals surface area contributed by atoms with Crippen LogP contribution in [0.25, 0.3) is 11.0 Å². The van der Waals surface area contributed by atoms with Gasteiger partial charge in [-0.25, -0.2) is 0 Å². The van der Waals surface area contributed by atoms with Crippen molar-refractivity contribution in [2.75, 3.05) is 7.11 Å². The average Bonchev–Trinajstić information content (AvgIpc) is 3.29. The maximum atomic E-state index is 13.5. The second-order valence-electron chi connectivity index (χ2n) is 12.1. The number of methoxy groups -OCH3 is 1. The van der Waals surface area contributed by atoms with E-state index in [0.29, 0.717) is 46.5 Å². The highest BCUT2D eigenvalue weighted by atomic mass is 16.5. The molecule has 1 aromatic heterocycles. The fraction of sp³-hybridized carbons (Fsp3) is 0.344. The molecule has 200 valence electrons. The van der Waals surface area contributed by atoms with E-state index in [9.17, 15) is 14.9 Å². The summed E-state index contributed by atoms with van der Waals surface area (Å²) >= 11 is 0. The molecule has 0 fully saturated rings. The van der Waals surface area contributed by atoms with Gasteiger partial charge in [-0.05, 0) is 52.8 Å². The monoisotopic (exact) mass is 524 g/mol. The molecule has 0 bridgehead atoms. The third-order valence-electron chi connectivity index (χ3n) is 7.43. The van der Waals surface area contributed by atoms with Gasteiger partial charge in [0.05, 0.1) is 13.0 Å². The lowest BCUT2D eigenvalue weighted by Gasteiger charge is -2.37. The van der Waals surface area contributed by atoms with Gasteiger partial charge in [-0.3, -0.25) is 9.59 Å². The maximum Gasteiger partial charge on any atom is 0.228 e. The van der Waals surface area contributed by atoms with E-state index in [1.165, 1.54) is 0 Å². The Morgan fingerprint density at radius 3 is 2.44 bits per heavy atom. The number of ketones is 2. The molecule has 7 heteroatoms. The fourth-order valence-corrected chi connectivity index (χ4v) is 5.51. The Bertz CT molecular complexity index is 1620. The number of allylic oxidation sites excluding steroid dienone is 3. The molecule has 0 saturated carbocycles. The van der Waals surface area contributed by atoms with Gasteiger partial charge < -0.3 is 19.6 Å². The van der Waals surface area contributed by atoms with Gasteiger partial charge in [-0.15, -0.1) is 0 Å². The largest absolute Gasteiger partial charge is 0.497 e. The van der Waals surface area contributed by atoms with Gasteiger partial charge in [0.15, 0.2) is 11.5 Å². The highest BCUT2D eigenvalue weighted by Crippen LogP contribution is 2.49. The Balaban J connectivity index is 1.69. The Labute approximate surface area is 227 Å². The summed E-state index contributed by atoms with van der Waals surface area (Å²) < 4.78 is 17.2. The molecule has 1 atom stereocenters. The van der Waals surface area contributed by atoms with Crippen molar-refractivity contribution in [1.29, 1.82) is 5.26 Å². The average molecular weight is 525 g/mol. The molecular formula is C32H32N2O5. The molecule has 0 saturated heterocycles. The molecule has 7 nitrogen and oxygen atoms in total. The van der Waals surface area contributed by atoms with E-state index in [0.717, 1.165) is 11.1 Å². The van der Waals surface area contributed by atoms with Crippen LogP contribution in [0.15, 0.2) is 69.7 Å². The zero-order valence-electron chi connectivity index (χ0n) is 23.1. The van der Waals surface area contributed by atoms with Crippen LogP contribution in [0.2, 0.25) is 0 Å². The van der Waals surface area contributed by atoms with Crippen molar-refractivity contribution in [1.82, 2.24) is 0 Å². The van der Waals surface area contributed by atoms with Crippen LogP contribution in [0.4, 0.5) is 0 Å². The number of fused-ring (bicyclic) bond motifs is 1. The van der Waals surface area contributed by atoms with Crippen molar-refractivity contribution in [2.24, 2.45) is 11.1 Å².